The summed E-state index contributed by atoms with van der Waals surface area (Å²) in [5, 5.41) is 18.2. The second-order valence-electron chi connectivity index (χ2n) is 4.55. The van der Waals surface area contributed by atoms with E-state index in [9.17, 15) is 0 Å². The molecule has 0 atom stereocenters. The van der Waals surface area contributed by atoms with Crippen molar-refractivity contribution in [2.45, 2.75) is 0 Å². The number of nitrogens with zero attached hydrogens (tertiary/aromatic N) is 4. The summed E-state index contributed by atoms with van der Waals surface area (Å²) in [4.78, 5) is 4.17. The van der Waals surface area contributed by atoms with Crippen molar-refractivity contribution in [3.63, 3.8) is 0 Å². The molecule has 0 aromatic carbocycles. The lowest BCUT2D eigenvalue weighted by molar-refractivity contribution is 0.0539. The van der Waals surface area contributed by atoms with Gasteiger partial charge in [0.05, 0.1) is 32.1 Å². The average Bonchev–Trinajstić information content (AvgIpc) is 2.53. The molecule has 0 radical (unpaired) electrons. The van der Waals surface area contributed by atoms with Crippen LogP contribution in [0.4, 0.5) is 0 Å². The van der Waals surface area contributed by atoms with E-state index in [1.165, 1.54) is 0 Å². The third kappa shape index (κ3) is 3.74. The summed E-state index contributed by atoms with van der Waals surface area (Å²) < 4.78 is 10.6. The minimum absolute atomic E-state index is 0.149. The summed E-state index contributed by atoms with van der Waals surface area (Å²) in [6, 6.07) is 3.96. The van der Waals surface area contributed by atoms with Gasteiger partial charge in [0.15, 0.2) is 5.57 Å². The van der Waals surface area contributed by atoms with Gasteiger partial charge in [0, 0.05) is 32.4 Å². The van der Waals surface area contributed by atoms with E-state index in [0.29, 0.717) is 45.2 Å². The maximum atomic E-state index is 9.11. The maximum absolute atomic E-state index is 9.11. The van der Waals surface area contributed by atoms with Crippen LogP contribution in [0, 0.1) is 22.7 Å². The molecule has 106 valence electrons. The van der Waals surface area contributed by atoms with Crippen molar-refractivity contribution < 1.29 is 9.47 Å². The van der Waals surface area contributed by atoms with Gasteiger partial charge in [0.1, 0.15) is 12.1 Å². The van der Waals surface area contributed by atoms with Gasteiger partial charge in [-0.15, -0.1) is 0 Å². The monoisotopic (exact) mass is 274 g/mol. The van der Waals surface area contributed by atoms with Crippen LogP contribution in [0.2, 0.25) is 0 Å². The van der Waals surface area contributed by atoms with Crippen molar-refractivity contribution in [1.29, 1.82) is 10.5 Å². The van der Waals surface area contributed by atoms with Crippen LogP contribution in [-0.2, 0) is 9.47 Å². The van der Waals surface area contributed by atoms with E-state index in [0.717, 1.165) is 13.1 Å². The van der Waals surface area contributed by atoms with Crippen LogP contribution < -0.4 is 0 Å². The number of rotatable bonds is 3. The summed E-state index contributed by atoms with van der Waals surface area (Å²) in [6.07, 6.45) is 3.81. The fourth-order valence-electron chi connectivity index (χ4n) is 2.19. The van der Waals surface area contributed by atoms with Gasteiger partial charge >= 0.3 is 0 Å². The van der Waals surface area contributed by atoms with Crippen molar-refractivity contribution in [3.8, 4) is 12.1 Å². The van der Waals surface area contributed by atoms with Crippen LogP contribution in [0.15, 0.2) is 23.5 Å². The van der Waals surface area contributed by atoms with E-state index in [-0.39, 0.29) is 5.57 Å². The van der Waals surface area contributed by atoms with E-state index in [2.05, 4.69) is 4.90 Å². The Morgan fingerprint density at radius 1 is 0.900 bits per heavy atom. The van der Waals surface area contributed by atoms with Crippen molar-refractivity contribution in [2.24, 2.45) is 0 Å². The highest BCUT2D eigenvalue weighted by atomic mass is 16.5. The summed E-state index contributed by atoms with van der Waals surface area (Å²) in [7, 11) is 0. The molecule has 2 fully saturated rings. The lowest BCUT2D eigenvalue weighted by atomic mass is 10.2. The van der Waals surface area contributed by atoms with Gasteiger partial charge in [0.25, 0.3) is 0 Å². The predicted octanol–water partition coefficient (Wildman–Crippen LogP) is 0.466. The topological polar surface area (TPSA) is 72.5 Å². The third-order valence-electron chi connectivity index (χ3n) is 3.32. The molecule has 0 amide bonds. The fraction of sp³-hybridized carbons (Fsp3) is 0.571. The highest BCUT2D eigenvalue weighted by Gasteiger charge is 2.16. The molecule has 0 aromatic rings. The molecule has 2 aliphatic rings. The molecule has 2 heterocycles. The Bertz CT molecular complexity index is 445. The molecule has 2 rings (SSSR count). The van der Waals surface area contributed by atoms with Crippen LogP contribution in [0.5, 0.6) is 0 Å². The first kappa shape index (κ1) is 14.4. The smallest absolute Gasteiger partial charge is 0.152 e. The standard InChI is InChI=1S/C14H18N4O2/c15-11-13(12-16)14(18-5-9-20-10-6-18)1-2-17-3-7-19-8-4-17/h1-2H,3-10H2/b2-1+. The van der Waals surface area contributed by atoms with Crippen molar-refractivity contribution in [1.82, 2.24) is 9.80 Å². The molecule has 0 bridgehead atoms. The summed E-state index contributed by atoms with van der Waals surface area (Å²) >= 11 is 0. The van der Waals surface area contributed by atoms with Gasteiger partial charge in [-0.2, -0.15) is 10.5 Å². The first-order valence-electron chi connectivity index (χ1n) is 6.72. The number of ether oxygens (including phenoxy) is 2. The second kappa shape index (κ2) is 7.54. The molecule has 0 spiro atoms. The van der Waals surface area contributed by atoms with Crippen LogP contribution in [0.25, 0.3) is 0 Å². The van der Waals surface area contributed by atoms with E-state index < -0.39 is 0 Å². The molecule has 0 aliphatic carbocycles. The van der Waals surface area contributed by atoms with E-state index in [1.54, 1.807) is 0 Å². The molecular formula is C14H18N4O2. The summed E-state index contributed by atoms with van der Waals surface area (Å²) in [5.74, 6) is 0. The van der Waals surface area contributed by atoms with Crippen LogP contribution >= 0.6 is 0 Å². The first-order chi connectivity index (χ1) is 9.85. The molecule has 0 saturated carbocycles. The van der Waals surface area contributed by atoms with Crippen LogP contribution in [0.3, 0.4) is 0 Å². The summed E-state index contributed by atoms with van der Waals surface area (Å²) in [6.45, 7) is 5.75. The van der Waals surface area contributed by atoms with E-state index in [1.807, 2.05) is 29.3 Å². The first-order valence-corrected chi connectivity index (χ1v) is 6.72. The summed E-state index contributed by atoms with van der Waals surface area (Å²) in [5.41, 5.74) is 0.834. The number of morpholine rings is 2. The molecule has 2 saturated heterocycles. The average molecular weight is 274 g/mol. The van der Waals surface area contributed by atoms with Gasteiger partial charge in [-0.05, 0) is 6.08 Å². The zero-order chi connectivity index (χ0) is 14.2. The lowest BCUT2D eigenvalue weighted by Gasteiger charge is -2.30. The lowest BCUT2D eigenvalue weighted by Crippen LogP contribution is -2.36. The molecule has 6 heteroatoms. The Hall–Kier alpha value is -2.02. The molecule has 0 N–H and O–H groups in total. The number of hydrogen-bond donors (Lipinski definition) is 0. The SMILES string of the molecule is N#CC(C#N)=C(/C=C/N1CCOCC1)N1CCOCC1. The molecule has 0 unspecified atom stereocenters. The van der Waals surface area contributed by atoms with Crippen molar-refractivity contribution in [2.75, 3.05) is 52.6 Å². The van der Waals surface area contributed by atoms with Crippen LogP contribution in [-0.4, -0.2) is 62.4 Å². The van der Waals surface area contributed by atoms with E-state index >= 15 is 0 Å². The zero-order valence-electron chi connectivity index (χ0n) is 11.4. The van der Waals surface area contributed by atoms with Gasteiger partial charge in [0.2, 0.25) is 0 Å². The molecule has 20 heavy (non-hydrogen) atoms. The molecule has 0 aromatic heterocycles. The number of allylic oxidation sites excluding steroid dienone is 2. The highest BCUT2D eigenvalue weighted by molar-refractivity contribution is 5.44. The van der Waals surface area contributed by atoms with Gasteiger partial charge in [-0.3, -0.25) is 0 Å². The molecular weight excluding hydrogens is 256 g/mol. The number of hydrogen-bond acceptors (Lipinski definition) is 6. The van der Waals surface area contributed by atoms with Crippen molar-refractivity contribution in [3.05, 3.63) is 23.5 Å². The highest BCUT2D eigenvalue weighted by Crippen LogP contribution is 2.14. The minimum atomic E-state index is 0.149. The van der Waals surface area contributed by atoms with E-state index in [4.69, 9.17) is 20.0 Å². The quantitative estimate of drug-likeness (QED) is 0.550. The second-order valence-corrected chi connectivity index (χ2v) is 4.55. The van der Waals surface area contributed by atoms with Gasteiger partial charge in [-0.25, -0.2) is 0 Å². The third-order valence-corrected chi connectivity index (χ3v) is 3.32. The Balaban J connectivity index is 2.14. The Kier molecular flexibility index (Phi) is 5.43. The normalized spacial score (nSPS) is 19.5. The van der Waals surface area contributed by atoms with Gasteiger partial charge < -0.3 is 19.3 Å². The van der Waals surface area contributed by atoms with Crippen LogP contribution in [0.1, 0.15) is 0 Å². The largest absolute Gasteiger partial charge is 0.378 e. The van der Waals surface area contributed by atoms with Gasteiger partial charge in [-0.1, -0.05) is 0 Å². The minimum Gasteiger partial charge on any atom is -0.378 e. The fourth-order valence-corrected chi connectivity index (χ4v) is 2.19. The molecule has 2 aliphatic heterocycles. The Morgan fingerprint density at radius 3 is 2.00 bits per heavy atom. The van der Waals surface area contributed by atoms with Crippen molar-refractivity contribution >= 4 is 0 Å². The Morgan fingerprint density at radius 2 is 1.45 bits per heavy atom. The number of nitriles is 2. The predicted molar refractivity (Wildman–Crippen MR) is 72.2 cm³/mol. The zero-order valence-corrected chi connectivity index (χ0v) is 11.4. The maximum Gasteiger partial charge on any atom is 0.152 e. The Labute approximate surface area is 119 Å². The molecule has 6 nitrogen and oxygen atoms in total.